The lowest BCUT2D eigenvalue weighted by atomic mass is 9.84. The van der Waals surface area contributed by atoms with Gasteiger partial charge in [-0.05, 0) is 6.92 Å². The molecule has 0 aromatic carbocycles. The third-order valence-corrected chi connectivity index (χ3v) is 6.30. The molecular formula is C9H9F2O9S2-. The number of carbonyl (C=O) groups is 1. The fourth-order valence-electron chi connectivity index (χ4n) is 3.07. The minimum atomic E-state index is -4.27. The molecule has 0 aromatic rings. The Bertz CT molecular complexity index is 594. The summed E-state index contributed by atoms with van der Waals surface area (Å²) in [7, 11) is -4.11. The Kier molecular flexibility index (Phi) is 3.67. The molecule has 3 fully saturated rings. The lowest BCUT2D eigenvalue weighted by molar-refractivity contribution is -0.777. The minimum Gasteiger partial charge on any atom is -0.691 e. The Morgan fingerprint density at radius 3 is 2.82 bits per heavy atom. The number of hydrogen-bond acceptors (Lipinski definition) is 10. The molecule has 5 atom stereocenters. The van der Waals surface area contributed by atoms with Crippen LogP contribution < -0.4 is 5.26 Å². The highest BCUT2D eigenvalue weighted by molar-refractivity contribution is 7.96. The summed E-state index contributed by atoms with van der Waals surface area (Å²) in [6.07, 6.45) is -2.34. The van der Waals surface area contributed by atoms with E-state index in [9.17, 15) is 27.3 Å². The maximum atomic E-state index is 13.4. The van der Waals surface area contributed by atoms with Gasteiger partial charge in [0.05, 0.1) is 0 Å². The van der Waals surface area contributed by atoms with Gasteiger partial charge in [-0.25, -0.2) is 4.79 Å². The van der Waals surface area contributed by atoms with Crippen molar-refractivity contribution in [3.63, 3.8) is 0 Å². The molecule has 0 N–H and O–H groups in total. The van der Waals surface area contributed by atoms with Gasteiger partial charge >= 0.3 is 11.2 Å². The maximum absolute atomic E-state index is 13.4. The van der Waals surface area contributed by atoms with Crippen LogP contribution in [0.15, 0.2) is 0 Å². The topological polar surface area (TPSA) is 120 Å². The van der Waals surface area contributed by atoms with Crippen molar-refractivity contribution in [3.8, 4) is 0 Å². The van der Waals surface area contributed by atoms with Gasteiger partial charge in [0.15, 0.2) is 10.9 Å². The summed E-state index contributed by atoms with van der Waals surface area (Å²) in [5, 5.41) is 6.64. The van der Waals surface area contributed by atoms with Gasteiger partial charge in [-0.1, -0.05) is 0 Å². The summed E-state index contributed by atoms with van der Waals surface area (Å²) < 4.78 is 69.1. The lowest BCUT2D eigenvalue weighted by Gasteiger charge is -2.34. The monoisotopic (exact) mass is 363 g/mol. The number of rotatable bonds is 5. The van der Waals surface area contributed by atoms with Crippen LogP contribution in [0, 0.1) is 0 Å². The first kappa shape index (κ1) is 16.3. The first-order valence-electron chi connectivity index (χ1n) is 5.95. The second-order valence-corrected chi connectivity index (χ2v) is 7.68. The molecule has 0 saturated carbocycles. The Morgan fingerprint density at radius 1 is 1.50 bits per heavy atom. The van der Waals surface area contributed by atoms with Crippen LogP contribution in [0.25, 0.3) is 0 Å². The molecular weight excluding hydrogens is 354 g/mol. The number of alkyl halides is 2. The molecule has 0 aromatic heterocycles. The summed E-state index contributed by atoms with van der Waals surface area (Å²) in [6, 6.07) is 0. The summed E-state index contributed by atoms with van der Waals surface area (Å²) in [5.41, 5.74) is -1.82. The van der Waals surface area contributed by atoms with Crippen LogP contribution in [0.2, 0.25) is 0 Å². The van der Waals surface area contributed by atoms with Crippen LogP contribution in [-0.4, -0.2) is 48.8 Å². The zero-order valence-electron chi connectivity index (χ0n) is 10.8. The molecule has 13 heteroatoms. The van der Waals surface area contributed by atoms with Crippen LogP contribution in [0.3, 0.4) is 0 Å². The average molecular weight is 363 g/mol. The molecule has 3 aliphatic heterocycles. The van der Waals surface area contributed by atoms with E-state index in [0.29, 0.717) is 0 Å². The lowest BCUT2D eigenvalue weighted by Crippen LogP contribution is -2.55. The van der Waals surface area contributed by atoms with Crippen LogP contribution >= 0.6 is 12.0 Å². The van der Waals surface area contributed by atoms with Gasteiger partial charge in [0.25, 0.3) is 10.1 Å². The first-order valence-corrected chi connectivity index (χ1v) is 8.16. The van der Waals surface area contributed by atoms with E-state index in [0.717, 1.165) is 0 Å². The molecule has 3 heterocycles. The van der Waals surface area contributed by atoms with Crippen LogP contribution in [-0.2, 0) is 37.9 Å². The van der Waals surface area contributed by atoms with Crippen LogP contribution in [0.4, 0.5) is 8.78 Å². The smallest absolute Gasteiger partial charge is 0.415 e. The van der Waals surface area contributed by atoms with E-state index < -0.39 is 62.5 Å². The number of hydrogen-bond donors (Lipinski definition) is 0. The molecule has 126 valence electrons. The number of halogens is 2. The van der Waals surface area contributed by atoms with Gasteiger partial charge in [0, 0.05) is 6.42 Å². The second-order valence-electron chi connectivity index (χ2n) is 5.18. The zero-order valence-corrected chi connectivity index (χ0v) is 12.4. The predicted octanol–water partition coefficient (Wildman–Crippen LogP) is -0.979. The van der Waals surface area contributed by atoms with Gasteiger partial charge in [-0.3, -0.25) is 9.22 Å². The Balaban J connectivity index is 1.81. The van der Waals surface area contributed by atoms with Crippen molar-refractivity contribution in [2.45, 2.75) is 47.8 Å². The second kappa shape index (κ2) is 4.96. The van der Waals surface area contributed by atoms with Gasteiger partial charge in [-0.15, -0.1) is 0 Å². The van der Waals surface area contributed by atoms with E-state index in [1.807, 2.05) is 0 Å². The Morgan fingerprint density at radius 2 is 2.18 bits per heavy atom. The van der Waals surface area contributed by atoms with Crippen LogP contribution in [0.1, 0.15) is 13.3 Å². The van der Waals surface area contributed by atoms with Gasteiger partial charge in [0.1, 0.15) is 30.4 Å². The first-order chi connectivity index (χ1) is 10.1. The van der Waals surface area contributed by atoms with E-state index >= 15 is 0 Å². The van der Waals surface area contributed by atoms with Gasteiger partial charge in [0.2, 0.25) is 0 Å². The normalized spacial score (nSPS) is 41.8. The highest BCUT2D eigenvalue weighted by Gasteiger charge is 2.74. The molecule has 3 rings (SSSR count). The Hall–Kier alpha value is -0.570. The molecule has 0 amide bonds. The van der Waals surface area contributed by atoms with Crippen molar-refractivity contribution in [2.24, 2.45) is 0 Å². The summed E-state index contributed by atoms with van der Waals surface area (Å²) in [4.78, 5) is 11.6. The van der Waals surface area contributed by atoms with Crippen molar-refractivity contribution in [1.29, 1.82) is 0 Å². The number of ether oxygens (including phenoxy) is 2. The van der Waals surface area contributed by atoms with Crippen molar-refractivity contribution in [3.05, 3.63) is 0 Å². The number of esters is 1. The highest BCUT2D eigenvalue weighted by atomic mass is 32.2. The summed E-state index contributed by atoms with van der Waals surface area (Å²) in [6.45, 7) is 1.19. The van der Waals surface area contributed by atoms with Crippen molar-refractivity contribution in [2.75, 3.05) is 0 Å². The summed E-state index contributed by atoms with van der Waals surface area (Å²) in [5.74, 6) is -2.08. The minimum absolute atomic E-state index is 0.100. The van der Waals surface area contributed by atoms with E-state index in [2.05, 4.69) is 9.37 Å². The largest absolute Gasteiger partial charge is 0.691 e. The molecule has 0 radical (unpaired) electrons. The molecule has 3 aliphatic rings. The molecule has 0 aliphatic carbocycles. The van der Waals surface area contributed by atoms with E-state index in [1.54, 1.807) is 0 Å². The van der Waals surface area contributed by atoms with Crippen molar-refractivity contribution < 1.29 is 50.3 Å². The molecule has 9 nitrogen and oxygen atoms in total. The molecule has 2 bridgehead atoms. The standard InChI is InChI=1S/C9H10F2O9S2/c1-8(17-7(12)9(10,11)21-20-19-13)4-2-3-5(16-4)6(8)22(14,15)18-3/h3-6,13H,2H2,1H3/p-1. The average Bonchev–Trinajstić information content (AvgIpc) is 2.96. The number of carbonyl (C=O) groups excluding carboxylic acids is 1. The molecule has 5 unspecified atom stereocenters. The Labute approximate surface area is 127 Å². The van der Waals surface area contributed by atoms with E-state index in [-0.39, 0.29) is 6.42 Å². The van der Waals surface area contributed by atoms with E-state index in [4.69, 9.17) is 13.7 Å². The van der Waals surface area contributed by atoms with Crippen molar-refractivity contribution in [1.82, 2.24) is 0 Å². The van der Waals surface area contributed by atoms with E-state index in [1.165, 1.54) is 6.92 Å². The van der Waals surface area contributed by atoms with Crippen molar-refractivity contribution >= 4 is 28.1 Å². The van der Waals surface area contributed by atoms with Crippen LogP contribution in [0.5, 0.6) is 0 Å². The third kappa shape index (κ3) is 2.23. The SMILES string of the molecule is CC1(OC(=O)C(F)(F)SOO[O-])C2CC3OS(=O)(=O)C1C3O2. The summed E-state index contributed by atoms with van der Waals surface area (Å²) >= 11 is -0.856. The van der Waals surface area contributed by atoms with Gasteiger partial charge in [-0.2, -0.15) is 21.5 Å². The maximum Gasteiger partial charge on any atom is 0.415 e. The van der Waals surface area contributed by atoms with Gasteiger partial charge < -0.3 is 14.7 Å². The quantitative estimate of drug-likeness (QED) is 0.198. The predicted molar refractivity (Wildman–Crippen MR) is 60.1 cm³/mol. The fraction of sp³-hybridized carbons (Fsp3) is 0.889. The molecule has 0 spiro atoms. The fourth-order valence-corrected chi connectivity index (χ4v) is 5.29. The molecule has 3 saturated heterocycles. The number of fused-ring (bicyclic) bond motifs is 1. The third-order valence-electron chi connectivity index (χ3n) is 3.92. The highest BCUT2D eigenvalue weighted by Crippen LogP contribution is 2.54. The zero-order chi connectivity index (χ0) is 16.3. The molecule has 22 heavy (non-hydrogen) atoms.